The highest BCUT2D eigenvalue weighted by molar-refractivity contribution is 5.99. The summed E-state index contributed by atoms with van der Waals surface area (Å²) >= 11 is 0. The monoisotopic (exact) mass is 394 g/mol. The molecule has 1 aliphatic heterocycles. The lowest BCUT2D eigenvalue weighted by Gasteiger charge is -2.38. The summed E-state index contributed by atoms with van der Waals surface area (Å²) in [6.07, 6.45) is 2.60. The van der Waals surface area contributed by atoms with Gasteiger partial charge in [-0.3, -0.25) is 4.79 Å². The number of benzene rings is 1. The van der Waals surface area contributed by atoms with Crippen LogP contribution in [0.5, 0.6) is 0 Å². The summed E-state index contributed by atoms with van der Waals surface area (Å²) in [7, 11) is 0. The number of rotatable bonds is 3. The molecule has 2 aromatic rings. The third kappa shape index (κ3) is 2.81. The molecule has 2 atom stereocenters. The van der Waals surface area contributed by atoms with Gasteiger partial charge in [0.1, 0.15) is 11.3 Å². The molecule has 0 amide bonds. The van der Waals surface area contributed by atoms with Gasteiger partial charge >= 0.3 is 5.97 Å². The van der Waals surface area contributed by atoms with Gasteiger partial charge < -0.3 is 25.6 Å². The van der Waals surface area contributed by atoms with E-state index in [1.165, 1.54) is 4.57 Å². The first-order valence-corrected chi connectivity index (χ1v) is 9.30. The Bertz CT molecular complexity index is 1040. The van der Waals surface area contributed by atoms with Crippen LogP contribution in [0, 0.1) is 11.6 Å². The zero-order valence-corrected chi connectivity index (χ0v) is 15.6. The molecule has 2 fully saturated rings. The van der Waals surface area contributed by atoms with Crippen molar-refractivity contribution in [2.45, 2.75) is 44.8 Å². The first kappa shape index (κ1) is 18.7. The molecule has 0 radical (unpaired) electrons. The molecule has 0 unspecified atom stereocenters. The number of anilines is 2. The largest absolute Gasteiger partial charge is 0.477 e. The van der Waals surface area contributed by atoms with Gasteiger partial charge in [0.25, 0.3) is 0 Å². The summed E-state index contributed by atoms with van der Waals surface area (Å²) in [6.45, 7) is 4.60. The lowest BCUT2D eigenvalue weighted by molar-refractivity contribution is 0.0695. The van der Waals surface area contributed by atoms with Crippen molar-refractivity contribution in [2.75, 3.05) is 23.7 Å². The van der Waals surface area contributed by atoms with E-state index >= 15 is 8.78 Å². The van der Waals surface area contributed by atoms with Gasteiger partial charge in [0.15, 0.2) is 11.6 Å². The minimum atomic E-state index is -1.45. The number of carboxylic acid groups (broad SMARTS) is 1. The zero-order valence-electron chi connectivity index (χ0n) is 15.6. The molecule has 1 saturated heterocycles. The number of hydrogen-bond donors (Lipinski definition) is 3. The van der Waals surface area contributed by atoms with Crippen molar-refractivity contribution in [1.82, 2.24) is 9.88 Å². The first-order chi connectivity index (χ1) is 13.2. The molecule has 2 heterocycles. The normalized spacial score (nSPS) is 22.6. The summed E-state index contributed by atoms with van der Waals surface area (Å²) in [5.74, 6) is -3.34. The van der Waals surface area contributed by atoms with Gasteiger partial charge in [0.2, 0.25) is 5.43 Å². The molecular weight excluding hydrogens is 372 g/mol. The number of pyridine rings is 1. The number of aromatic nitrogens is 1. The Balaban J connectivity index is 2.05. The smallest absolute Gasteiger partial charge is 0.341 e. The summed E-state index contributed by atoms with van der Waals surface area (Å²) in [5, 5.41) is 12.2. The number of nitrogens with one attached hydrogen (secondary N) is 1. The van der Waals surface area contributed by atoms with E-state index in [-0.39, 0.29) is 29.3 Å². The number of nitrogens with two attached hydrogens (primary N) is 1. The van der Waals surface area contributed by atoms with E-state index in [1.54, 1.807) is 4.90 Å². The Labute approximate surface area is 159 Å². The average molecular weight is 394 g/mol. The van der Waals surface area contributed by atoms with Crippen LogP contribution in [-0.2, 0) is 0 Å². The lowest BCUT2D eigenvalue weighted by atomic mass is 10.1. The molecule has 1 aliphatic carbocycles. The maximum Gasteiger partial charge on any atom is 0.341 e. The second-order valence-electron chi connectivity index (χ2n) is 7.80. The Kier molecular flexibility index (Phi) is 4.29. The topological polar surface area (TPSA) is 101 Å². The van der Waals surface area contributed by atoms with Crippen LogP contribution in [0.15, 0.2) is 11.0 Å². The van der Waals surface area contributed by atoms with E-state index in [1.807, 2.05) is 13.8 Å². The molecule has 4 N–H and O–H groups in total. The summed E-state index contributed by atoms with van der Waals surface area (Å²) in [5.41, 5.74) is 3.54. The highest BCUT2D eigenvalue weighted by atomic mass is 19.1. The molecule has 28 heavy (non-hydrogen) atoms. The standard InChI is InChI=1S/C19H22F2N4O3/c1-8-5-24(6-9(2)23-8)17-13(20)15(22)12-16(14(17)21)25(10-3-4-10)7-11(18(12)26)19(27)28/h7-10,23H,3-6,22H2,1-2H3,(H,27,28)/t8-,9+/i18+2. The number of halogens is 2. The molecule has 0 spiro atoms. The van der Waals surface area contributed by atoms with E-state index < -0.39 is 39.7 Å². The van der Waals surface area contributed by atoms with Crippen LogP contribution >= 0.6 is 0 Å². The number of aromatic carboxylic acids is 1. The number of carboxylic acids is 1. The van der Waals surface area contributed by atoms with Gasteiger partial charge in [-0.25, -0.2) is 13.6 Å². The van der Waals surface area contributed by atoms with Crippen molar-refractivity contribution in [2.24, 2.45) is 0 Å². The summed E-state index contributed by atoms with van der Waals surface area (Å²) in [4.78, 5) is 25.7. The second kappa shape index (κ2) is 6.44. The van der Waals surface area contributed by atoms with Gasteiger partial charge in [-0.2, -0.15) is 0 Å². The van der Waals surface area contributed by atoms with Crippen molar-refractivity contribution >= 4 is 28.2 Å². The first-order valence-electron chi connectivity index (χ1n) is 9.30. The molecule has 2 aliphatic rings. The third-order valence-electron chi connectivity index (χ3n) is 5.41. The van der Waals surface area contributed by atoms with Crippen molar-refractivity contribution in [3.8, 4) is 0 Å². The molecule has 1 aromatic heterocycles. The van der Waals surface area contributed by atoms with Crippen LogP contribution in [0.2, 0.25) is 0 Å². The number of nitrogen functional groups attached to an aromatic ring is 1. The van der Waals surface area contributed by atoms with Crippen LogP contribution < -0.4 is 21.4 Å². The highest BCUT2D eigenvalue weighted by Crippen LogP contribution is 2.41. The van der Waals surface area contributed by atoms with Crippen molar-refractivity contribution in [3.05, 3.63) is 33.6 Å². The summed E-state index contributed by atoms with van der Waals surface area (Å²) in [6, 6.07) is -0.103. The van der Waals surface area contributed by atoms with E-state index in [0.29, 0.717) is 13.1 Å². The van der Waals surface area contributed by atoms with Gasteiger partial charge in [0, 0.05) is 37.4 Å². The van der Waals surface area contributed by atoms with Gasteiger partial charge in [-0.05, 0) is 26.7 Å². The minimum Gasteiger partial charge on any atom is -0.477 e. The zero-order chi connectivity index (χ0) is 20.3. The van der Waals surface area contributed by atoms with Crippen LogP contribution in [0.25, 0.3) is 10.9 Å². The quantitative estimate of drug-likeness (QED) is 0.690. The Hall–Kier alpha value is -2.68. The Morgan fingerprint density at radius 2 is 1.86 bits per heavy atom. The molecule has 7 nitrogen and oxygen atoms in total. The van der Waals surface area contributed by atoms with E-state index in [4.69, 9.17) is 5.73 Å². The minimum absolute atomic E-state index is 0.0134. The molecule has 4 rings (SSSR count). The SMILES string of the molecule is C[C@@H]1CN(c2c(F)c(N)c3c(c2F)n(C2CC2)cc(C(=O)O)[14c]3=O)C[C@H](C)N1. The predicted octanol–water partition coefficient (Wildman–Crippen LogP) is 2.08. The molecular formula is C19H22F2N4O3. The fraction of sp³-hybridized carbons (Fsp3) is 0.474. The number of nitrogens with zero attached hydrogens (tertiary/aromatic N) is 2. The van der Waals surface area contributed by atoms with E-state index in [0.717, 1.165) is 19.0 Å². The fourth-order valence-corrected chi connectivity index (χ4v) is 4.13. The number of carbonyl (C=O) groups is 1. The maximum absolute atomic E-state index is 15.6. The predicted molar refractivity (Wildman–Crippen MR) is 102 cm³/mol. The number of piperazine rings is 1. The molecule has 150 valence electrons. The molecule has 0 bridgehead atoms. The average Bonchev–Trinajstić information content (AvgIpc) is 3.43. The van der Waals surface area contributed by atoms with Crippen LogP contribution in [0.1, 0.15) is 43.1 Å². The van der Waals surface area contributed by atoms with E-state index in [2.05, 4.69) is 5.32 Å². The van der Waals surface area contributed by atoms with Gasteiger partial charge in [-0.15, -0.1) is 0 Å². The van der Waals surface area contributed by atoms with Gasteiger partial charge in [0.05, 0.1) is 16.6 Å². The molecule has 9 heteroatoms. The van der Waals surface area contributed by atoms with Crippen molar-refractivity contribution in [1.29, 1.82) is 0 Å². The van der Waals surface area contributed by atoms with E-state index in [9.17, 15) is 14.7 Å². The fourth-order valence-electron chi connectivity index (χ4n) is 4.13. The molecule has 1 aromatic carbocycles. The highest BCUT2D eigenvalue weighted by Gasteiger charge is 2.34. The van der Waals surface area contributed by atoms with Crippen molar-refractivity contribution in [3.63, 3.8) is 0 Å². The Morgan fingerprint density at radius 1 is 1.25 bits per heavy atom. The van der Waals surface area contributed by atoms with Crippen LogP contribution in [-0.4, -0.2) is 40.8 Å². The number of hydrogen-bond acceptors (Lipinski definition) is 5. The van der Waals surface area contributed by atoms with Crippen LogP contribution in [0.3, 0.4) is 0 Å². The van der Waals surface area contributed by atoms with Crippen molar-refractivity contribution < 1.29 is 18.7 Å². The molecule has 1 saturated carbocycles. The van der Waals surface area contributed by atoms with Crippen LogP contribution in [0.4, 0.5) is 20.2 Å². The second-order valence-corrected chi connectivity index (χ2v) is 7.80. The maximum atomic E-state index is 15.6. The van der Waals surface area contributed by atoms with Gasteiger partial charge in [-0.1, -0.05) is 0 Å². The Morgan fingerprint density at radius 3 is 2.39 bits per heavy atom. The number of fused-ring (bicyclic) bond motifs is 1. The lowest BCUT2D eigenvalue weighted by Crippen LogP contribution is -2.54. The summed E-state index contributed by atoms with van der Waals surface area (Å²) < 4.78 is 32.2. The third-order valence-corrected chi connectivity index (χ3v) is 5.41.